The van der Waals surface area contributed by atoms with Crippen LogP contribution in [0.5, 0.6) is 0 Å². The molecule has 0 aliphatic heterocycles. The Balaban J connectivity index is 2.15. The van der Waals surface area contributed by atoms with E-state index in [0.717, 1.165) is 11.5 Å². The standard InChI is InChI=1S/C18H18N2/c1-13-8-4-6-10-15(13)17-12-19-18(20(17)3)16-11-7-5-9-14(16)2/h4-12H,1-3H3. The van der Waals surface area contributed by atoms with Gasteiger partial charge in [-0.25, -0.2) is 4.98 Å². The summed E-state index contributed by atoms with van der Waals surface area (Å²) in [5.41, 5.74) is 6.10. The summed E-state index contributed by atoms with van der Waals surface area (Å²) >= 11 is 0. The van der Waals surface area contributed by atoms with E-state index in [4.69, 9.17) is 0 Å². The first-order valence-corrected chi connectivity index (χ1v) is 6.82. The van der Waals surface area contributed by atoms with Crippen molar-refractivity contribution in [2.45, 2.75) is 13.8 Å². The van der Waals surface area contributed by atoms with Crippen LogP contribution in [-0.4, -0.2) is 9.55 Å². The van der Waals surface area contributed by atoms with Crippen LogP contribution in [0.25, 0.3) is 22.6 Å². The van der Waals surface area contributed by atoms with E-state index < -0.39 is 0 Å². The van der Waals surface area contributed by atoms with Gasteiger partial charge in [-0.15, -0.1) is 0 Å². The summed E-state index contributed by atoms with van der Waals surface area (Å²) in [4.78, 5) is 4.63. The number of nitrogens with zero attached hydrogens (tertiary/aromatic N) is 2. The molecule has 0 radical (unpaired) electrons. The minimum Gasteiger partial charge on any atom is -0.327 e. The molecule has 20 heavy (non-hydrogen) atoms. The summed E-state index contributed by atoms with van der Waals surface area (Å²) in [6, 6.07) is 16.8. The molecule has 0 atom stereocenters. The molecular formula is C18H18N2. The summed E-state index contributed by atoms with van der Waals surface area (Å²) in [7, 11) is 2.08. The first-order valence-electron chi connectivity index (χ1n) is 6.82. The number of benzene rings is 2. The van der Waals surface area contributed by atoms with E-state index >= 15 is 0 Å². The van der Waals surface area contributed by atoms with Crippen molar-refractivity contribution < 1.29 is 0 Å². The second-order valence-corrected chi connectivity index (χ2v) is 5.16. The largest absolute Gasteiger partial charge is 0.327 e. The van der Waals surface area contributed by atoms with Gasteiger partial charge < -0.3 is 4.57 Å². The van der Waals surface area contributed by atoms with E-state index in [-0.39, 0.29) is 0 Å². The van der Waals surface area contributed by atoms with Crippen LogP contribution in [0.3, 0.4) is 0 Å². The Bertz CT molecular complexity index is 691. The molecule has 0 aliphatic rings. The van der Waals surface area contributed by atoms with Crippen LogP contribution in [0, 0.1) is 13.8 Å². The number of rotatable bonds is 2. The van der Waals surface area contributed by atoms with Gasteiger partial charge in [-0.1, -0.05) is 48.5 Å². The zero-order chi connectivity index (χ0) is 14.1. The van der Waals surface area contributed by atoms with Gasteiger partial charge in [0.05, 0.1) is 11.9 Å². The van der Waals surface area contributed by atoms with Crippen LogP contribution < -0.4 is 0 Å². The molecule has 0 bridgehead atoms. The van der Waals surface area contributed by atoms with Gasteiger partial charge in [-0.2, -0.15) is 0 Å². The van der Waals surface area contributed by atoms with E-state index in [9.17, 15) is 0 Å². The molecule has 3 rings (SSSR count). The number of aryl methyl sites for hydroxylation is 2. The quantitative estimate of drug-likeness (QED) is 0.670. The highest BCUT2D eigenvalue weighted by Gasteiger charge is 2.12. The molecule has 0 saturated carbocycles. The molecule has 0 fully saturated rings. The third-order valence-corrected chi connectivity index (χ3v) is 3.80. The maximum Gasteiger partial charge on any atom is 0.140 e. The predicted octanol–water partition coefficient (Wildman–Crippen LogP) is 4.37. The Kier molecular flexibility index (Phi) is 3.15. The van der Waals surface area contributed by atoms with Crippen molar-refractivity contribution in [3.8, 4) is 22.6 Å². The average Bonchev–Trinajstić information content (AvgIpc) is 2.82. The van der Waals surface area contributed by atoms with Gasteiger partial charge in [0.1, 0.15) is 5.82 Å². The van der Waals surface area contributed by atoms with E-state index in [2.05, 4.69) is 79.0 Å². The first-order chi connectivity index (χ1) is 9.68. The predicted molar refractivity (Wildman–Crippen MR) is 83.6 cm³/mol. The fourth-order valence-corrected chi connectivity index (χ4v) is 2.59. The van der Waals surface area contributed by atoms with Gasteiger partial charge in [0.2, 0.25) is 0 Å². The van der Waals surface area contributed by atoms with Gasteiger partial charge in [0, 0.05) is 18.2 Å². The monoisotopic (exact) mass is 262 g/mol. The topological polar surface area (TPSA) is 17.8 Å². The minimum atomic E-state index is 1.02. The summed E-state index contributed by atoms with van der Waals surface area (Å²) < 4.78 is 2.17. The average molecular weight is 262 g/mol. The molecule has 0 aliphatic carbocycles. The third-order valence-electron chi connectivity index (χ3n) is 3.80. The lowest BCUT2D eigenvalue weighted by atomic mass is 10.1. The molecule has 1 aromatic heterocycles. The van der Waals surface area contributed by atoms with Crippen molar-refractivity contribution >= 4 is 0 Å². The molecule has 0 amide bonds. The Labute approximate surface area is 119 Å². The summed E-state index contributed by atoms with van der Waals surface area (Å²) in [6.07, 6.45) is 1.96. The van der Waals surface area contributed by atoms with Crippen LogP contribution in [0.4, 0.5) is 0 Å². The Hall–Kier alpha value is -2.35. The van der Waals surface area contributed by atoms with Gasteiger partial charge in [-0.05, 0) is 25.0 Å². The van der Waals surface area contributed by atoms with E-state index in [1.165, 1.54) is 22.3 Å². The number of aromatic nitrogens is 2. The maximum atomic E-state index is 4.63. The lowest BCUT2D eigenvalue weighted by molar-refractivity contribution is 0.930. The molecule has 2 heteroatoms. The molecule has 1 heterocycles. The first kappa shape index (κ1) is 12.7. The SMILES string of the molecule is Cc1ccccc1-c1cnc(-c2ccccc2C)n1C. The van der Waals surface area contributed by atoms with Crippen LogP contribution in [0.15, 0.2) is 54.7 Å². The van der Waals surface area contributed by atoms with Gasteiger partial charge in [-0.3, -0.25) is 0 Å². The molecule has 100 valence electrons. The van der Waals surface area contributed by atoms with Crippen molar-refractivity contribution in [3.05, 3.63) is 65.9 Å². The maximum absolute atomic E-state index is 4.63. The Morgan fingerprint density at radius 2 is 1.35 bits per heavy atom. The van der Waals surface area contributed by atoms with Crippen molar-refractivity contribution in [1.82, 2.24) is 9.55 Å². The number of hydrogen-bond donors (Lipinski definition) is 0. The van der Waals surface area contributed by atoms with Crippen LogP contribution in [0.1, 0.15) is 11.1 Å². The molecule has 0 N–H and O–H groups in total. The Morgan fingerprint density at radius 1 is 0.800 bits per heavy atom. The fourth-order valence-electron chi connectivity index (χ4n) is 2.59. The molecule has 3 aromatic rings. The molecule has 0 saturated heterocycles. The summed E-state index contributed by atoms with van der Waals surface area (Å²) in [5, 5.41) is 0. The highest BCUT2D eigenvalue weighted by atomic mass is 15.1. The Morgan fingerprint density at radius 3 is 1.95 bits per heavy atom. The van der Waals surface area contributed by atoms with E-state index in [1.807, 2.05) is 6.20 Å². The second kappa shape index (κ2) is 4.97. The normalized spacial score (nSPS) is 10.8. The van der Waals surface area contributed by atoms with Crippen molar-refractivity contribution in [3.63, 3.8) is 0 Å². The van der Waals surface area contributed by atoms with E-state index in [1.54, 1.807) is 0 Å². The van der Waals surface area contributed by atoms with Crippen molar-refractivity contribution in [1.29, 1.82) is 0 Å². The molecular weight excluding hydrogens is 244 g/mol. The van der Waals surface area contributed by atoms with Crippen molar-refractivity contribution in [2.24, 2.45) is 7.05 Å². The van der Waals surface area contributed by atoms with Crippen LogP contribution >= 0.6 is 0 Å². The lowest BCUT2D eigenvalue weighted by Crippen LogP contribution is -1.97. The van der Waals surface area contributed by atoms with Gasteiger partial charge in [0.25, 0.3) is 0 Å². The smallest absolute Gasteiger partial charge is 0.140 e. The van der Waals surface area contributed by atoms with Crippen LogP contribution in [0.2, 0.25) is 0 Å². The zero-order valence-corrected chi connectivity index (χ0v) is 12.1. The fraction of sp³-hybridized carbons (Fsp3) is 0.167. The minimum absolute atomic E-state index is 1.02. The van der Waals surface area contributed by atoms with Gasteiger partial charge >= 0.3 is 0 Å². The third kappa shape index (κ3) is 2.03. The van der Waals surface area contributed by atoms with Crippen LogP contribution in [-0.2, 0) is 7.05 Å². The molecule has 2 aromatic carbocycles. The summed E-state index contributed by atoms with van der Waals surface area (Å²) in [6.45, 7) is 4.26. The van der Waals surface area contributed by atoms with Gasteiger partial charge in [0.15, 0.2) is 0 Å². The highest BCUT2D eigenvalue weighted by Crippen LogP contribution is 2.28. The lowest BCUT2D eigenvalue weighted by Gasteiger charge is -2.10. The zero-order valence-electron chi connectivity index (χ0n) is 12.1. The molecule has 2 nitrogen and oxygen atoms in total. The molecule has 0 unspecified atom stereocenters. The number of imidazole rings is 1. The van der Waals surface area contributed by atoms with E-state index in [0.29, 0.717) is 0 Å². The highest BCUT2D eigenvalue weighted by molar-refractivity contribution is 5.69. The molecule has 0 spiro atoms. The number of hydrogen-bond acceptors (Lipinski definition) is 1. The second-order valence-electron chi connectivity index (χ2n) is 5.16. The van der Waals surface area contributed by atoms with Crippen molar-refractivity contribution in [2.75, 3.05) is 0 Å². The summed E-state index contributed by atoms with van der Waals surface area (Å²) in [5.74, 6) is 1.02.